The zero-order valence-corrected chi connectivity index (χ0v) is 10.5. The summed E-state index contributed by atoms with van der Waals surface area (Å²) in [7, 11) is 0. The van der Waals surface area contributed by atoms with E-state index in [-0.39, 0.29) is 18.2 Å². The van der Waals surface area contributed by atoms with Gasteiger partial charge in [0.05, 0.1) is 0 Å². The summed E-state index contributed by atoms with van der Waals surface area (Å²) in [5, 5.41) is 4.53. The first kappa shape index (κ1) is 12.4. The van der Waals surface area contributed by atoms with Gasteiger partial charge in [-0.2, -0.15) is 0 Å². The number of rotatable bonds is 1. The van der Waals surface area contributed by atoms with Crippen molar-refractivity contribution < 1.29 is 4.39 Å². The second-order valence-electron chi connectivity index (χ2n) is 4.37. The number of H-pyrrole nitrogens is 1. The van der Waals surface area contributed by atoms with Gasteiger partial charge in [-0.15, -0.1) is 12.4 Å². The van der Waals surface area contributed by atoms with Gasteiger partial charge in [-0.3, -0.25) is 0 Å². The predicted molar refractivity (Wildman–Crippen MR) is 70.2 cm³/mol. The Morgan fingerprint density at radius 3 is 3.00 bits per heavy atom. The summed E-state index contributed by atoms with van der Waals surface area (Å²) < 4.78 is 13.2. The average molecular weight is 255 g/mol. The summed E-state index contributed by atoms with van der Waals surface area (Å²) >= 11 is 0. The molecule has 3 rings (SSSR count). The van der Waals surface area contributed by atoms with E-state index < -0.39 is 0 Å². The Bertz CT molecular complexity index is 535. The minimum absolute atomic E-state index is 0. The summed E-state index contributed by atoms with van der Waals surface area (Å²) in [6.45, 7) is 3.15. The third-order valence-corrected chi connectivity index (χ3v) is 3.42. The molecule has 2 aromatic rings. The van der Waals surface area contributed by atoms with Gasteiger partial charge in [-0.05, 0) is 43.1 Å². The summed E-state index contributed by atoms with van der Waals surface area (Å²) in [6, 6.07) is 5.37. The van der Waals surface area contributed by atoms with Gasteiger partial charge in [0, 0.05) is 22.6 Å². The molecule has 0 saturated carbocycles. The Morgan fingerprint density at radius 2 is 2.24 bits per heavy atom. The van der Waals surface area contributed by atoms with E-state index in [1.165, 1.54) is 17.3 Å². The zero-order valence-electron chi connectivity index (χ0n) is 9.72. The Labute approximate surface area is 106 Å². The molecule has 17 heavy (non-hydrogen) atoms. The van der Waals surface area contributed by atoms with E-state index in [2.05, 4.69) is 17.2 Å². The van der Waals surface area contributed by atoms with Crippen molar-refractivity contribution in [1.29, 1.82) is 0 Å². The molecule has 2 heterocycles. The molecule has 2 nitrogen and oxygen atoms in total. The maximum atomic E-state index is 13.2. The summed E-state index contributed by atoms with van der Waals surface area (Å²) in [5.41, 5.74) is 3.59. The van der Waals surface area contributed by atoms with E-state index in [0.717, 1.165) is 30.3 Å². The van der Waals surface area contributed by atoms with Crippen molar-refractivity contribution in [3.8, 4) is 0 Å². The monoisotopic (exact) mass is 254 g/mol. The molecular weight excluding hydrogens is 239 g/mol. The maximum absolute atomic E-state index is 13.2. The summed E-state index contributed by atoms with van der Waals surface area (Å²) in [5.74, 6) is -0.152. The van der Waals surface area contributed by atoms with Crippen LogP contribution in [-0.4, -0.2) is 11.5 Å². The SMILES string of the molecule is CCC1NCCc2c1[nH]c1ccc(F)cc21.Cl. The van der Waals surface area contributed by atoms with E-state index in [4.69, 9.17) is 0 Å². The molecule has 4 heteroatoms. The predicted octanol–water partition coefficient (Wildman–Crippen LogP) is 3.33. The van der Waals surface area contributed by atoms with Crippen molar-refractivity contribution in [2.75, 3.05) is 6.54 Å². The van der Waals surface area contributed by atoms with Crippen LogP contribution in [0.3, 0.4) is 0 Å². The lowest BCUT2D eigenvalue weighted by molar-refractivity contribution is 0.485. The molecule has 1 atom stereocenters. The van der Waals surface area contributed by atoms with Crippen LogP contribution in [0.15, 0.2) is 18.2 Å². The van der Waals surface area contributed by atoms with Gasteiger partial charge in [0.1, 0.15) is 5.82 Å². The lowest BCUT2D eigenvalue weighted by Gasteiger charge is -2.22. The Balaban J connectivity index is 0.00000108. The quantitative estimate of drug-likeness (QED) is 0.803. The Hall–Kier alpha value is -1.06. The number of benzene rings is 1. The lowest BCUT2D eigenvalue weighted by atomic mass is 9.98. The number of hydrogen-bond donors (Lipinski definition) is 2. The number of hydrogen-bond acceptors (Lipinski definition) is 1. The molecule has 0 spiro atoms. The average Bonchev–Trinajstić information content (AvgIpc) is 2.67. The van der Waals surface area contributed by atoms with Crippen molar-refractivity contribution in [2.45, 2.75) is 25.8 Å². The van der Waals surface area contributed by atoms with Crippen LogP contribution >= 0.6 is 12.4 Å². The van der Waals surface area contributed by atoms with Crippen LogP contribution in [0.2, 0.25) is 0 Å². The second-order valence-corrected chi connectivity index (χ2v) is 4.37. The van der Waals surface area contributed by atoms with Crippen molar-refractivity contribution in [3.05, 3.63) is 35.3 Å². The number of aromatic amines is 1. The van der Waals surface area contributed by atoms with Crippen LogP contribution in [-0.2, 0) is 6.42 Å². The fourth-order valence-electron chi connectivity index (χ4n) is 2.63. The highest BCUT2D eigenvalue weighted by Crippen LogP contribution is 2.31. The van der Waals surface area contributed by atoms with Crippen LogP contribution in [0.5, 0.6) is 0 Å². The first-order valence-corrected chi connectivity index (χ1v) is 5.83. The van der Waals surface area contributed by atoms with Gasteiger partial charge in [-0.25, -0.2) is 4.39 Å². The zero-order chi connectivity index (χ0) is 11.1. The third-order valence-electron chi connectivity index (χ3n) is 3.42. The molecule has 92 valence electrons. The number of fused-ring (bicyclic) bond motifs is 3. The molecule has 0 bridgehead atoms. The van der Waals surface area contributed by atoms with E-state index in [1.807, 2.05) is 6.07 Å². The highest BCUT2D eigenvalue weighted by molar-refractivity contribution is 5.85. The van der Waals surface area contributed by atoms with E-state index in [1.54, 1.807) is 6.07 Å². The number of nitrogens with one attached hydrogen (secondary N) is 2. The van der Waals surface area contributed by atoms with Gasteiger partial charge in [-0.1, -0.05) is 6.92 Å². The molecule has 0 amide bonds. The van der Waals surface area contributed by atoms with Crippen molar-refractivity contribution >= 4 is 23.3 Å². The standard InChI is InChI=1S/C13H15FN2.ClH/c1-2-11-13-9(5-6-15-11)10-7-8(14)3-4-12(10)16-13;/h3-4,7,11,15-16H,2,5-6H2,1H3;1H. The van der Waals surface area contributed by atoms with Crippen LogP contribution in [0, 0.1) is 5.82 Å². The molecule has 0 saturated heterocycles. The molecule has 1 aromatic heterocycles. The number of halogens is 2. The summed E-state index contributed by atoms with van der Waals surface area (Å²) in [4.78, 5) is 3.42. The second kappa shape index (κ2) is 4.67. The maximum Gasteiger partial charge on any atom is 0.123 e. The van der Waals surface area contributed by atoms with Crippen LogP contribution < -0.4 is 5.32 Å². The molecular formula is C13H16ClFN2. The first-order valence-electron chi connectivity index (χ1n) is 5.83. The van der Waals surface area contributed by atoms with E-state index in [0.29, 0.717) is 6.04 Å². The van der Waals surface area contributed by atoms with Crippen molar-refractivity contribution in [3.63, 3.8) is 0 Å². The van der Waals surface area contributed by atoms with Gasteiger partial charge in [0.15, 0.2) is 0 Å². The topological polar surface area (TPSA) is 27.8 Å². The minimum atomic E-state index is -0.152. The van der Waals surface area contributed by atoms with Crippen LogP contribution in [0.25, 0.3) is 10.9 Å². The van der Waals surface area contributed by atoms with Crippen molar-refractivity contribution in [1.82, 2.24) is 10.3 Å². The molecule has 0 radical (unpaired) electrons. The van der Waals surface area contributed by atoms with Gasteiger partial charge in [0.2, 0.25) is 0 Å². The largest absolute Gasteiger partial charge is 0.357 e. The minimum Gasteiger partial charge on any atom is -0.357 e. The highest BCUT2D eigenvalue weighted by atomic mass is 35.5. The smallest absolute Gasteiger partial charge is 0.123 e. The first-order chi connectivity index (χ1) is 7.79. The molecule has 1 aliphatic heterocycles. The lowest BCUT2D eigenvalue weighted by Crippen LogP contribution is -2.29. The highest BCUT2D eigenvalue weighted by Gasteiger charge is 2.22. The fraction of sp³-hybridized carbons (Fsp3) is 0.385. The van der Waals surface area contributed by atoms with Gasteiger partial charge >= 0.3 is 0 Å². The normalized spacial score (nSPS) is 18.8. The molecule has 0 fully saturated rings. The molecule has 1 aromatic carbocycles. The summed E-state index contributed by atoms with van der Waals surface area (Å²) in [6.07, 6.45) is 2.04. The van der Waals surface area contributed by atoms with Gasteiger partial charge < -0.3 is 10.3 Å². The Morgan fingerprint density at radius 1 is 1.41 bits per heavy atom. The fourth-order valence-corrected chi connectivity index (χ4v) is 2.63. The van der Waals surface area contributed by atoms with Gasteiger partial charge in [0.25, 0.3) is 0 Å². The van der Waals surface area contributed by atoms with Crippen LogP contribution in [0.1, 0.15) is 30.6 Å². The van der Waals surface area contributed by atoms with E-state index >= 15 is 0 Å². The van der Waals surface area contributed by atoms with Crippen LogP contribution in [0.4, 0.5) is 4.39 Å². The molecule has 1 unspecified atom stereocenters. The van der Waals surface area contributed by atoms with E-state index in [9.17, 15) is 4.39 Å². The molecule has 0 aliphatic carbocycles. The molecule has 1 aliphatic rings. The third kappa shape index (κ3) is 1.94. The van der Waals surface area contributed by atoms with Crippen molar-refractivity contribution in [2.24, 2.45) is 0 Å². The number of aromatic nitrogens is 1. The molecule has 2 N–H and O–H groups in total. The Kier molecular flexibility index (Phi) is 3.40.